The van der Waals surface area contributed by atoms with Crippen LogP contribution in [0.2, 0.25) is 0 Å². The molecule has 114 valence electrons. The number of anilines is 1. The minimum Gasteiger partial charge on any atom is -0.326 e. The van der Waals surface area contributed by atoms with E-state index in [9.17, 15) is 13.2 Å². The molecule has 2 aromatic rings. The average molecular weight is 316 g/mol. The maximum Gasteiger partial charge on any atom is 0.249 e. The predicted octanol–water partition coefficient (Wildman–Crippen LogP) is 2.07. The van der Waals surface area contributed by atoms with Gasteiger partial charge in [0, 0.05) is 23.7 Å². The van der Waals surface area contributed by atoms with Crippen molar-refractivity contribution < 1.29 is 13.2 Å². The highest BCUT2D eigenvalue weighted by Crippen LogP contribution is 2.12. The summed E-state index contributed by atoms with van der Waals surface area (Å²) in [5.74, 6) is -0.514. The third-order valence-electron chi connectivity index (χ3n) is 2.93. The molecule has 5 nitrogen and oxygen atoms in total. The van der Waals surface area contributed by atoms with Crippen molar-refractivity contribution in [2.45, 2.75) is 11.4 Å². The van der Waals surface area contributed by atoms with E-state index in [1.807, 2.05) is 0 Å². The van der Waals surface area contributed by atoms with Gasteiger partial charge in [-0.2, -0.15) is 0 Å². The molecule has 0 aliphatic rings. The monoisotopic (exact) mass is 316 g/mol. The lowest BCUT2D eigenvalue weighted by atomic mass is 10.2. The van der Waals surface area contributed by atoms with Gasteiger partial charge >= 0.3 is 0 Å². The van der Waals surface area contributed by atoms with Crippen molar-refractivity contribution in [3.05, 3.63) is 71.6 Å². The summed E-state index contributed by atoms with van der Waals surface area (Å²) < 4.78 is 24.0. The summed E-state index contributed by atoms with van der Waals surface area (Å²) in [4.78, 5) is 11.9. The van der Waals surface area contributed by atoms with Gasteiger partial charge in [0.2, 0.25) is 5.91 Å². The lowest BCUT2D eigenvalue weighted by Crippen LogP contribution is -2.09. The Bertz CT molecular complexity index is 767. The topological polar surface area (TPSA) is 89.3 Å². The van der Waals surface area contributed by atoms with Gasteiger partial charge in [0.1, 0.15) is 0 Å². The van der Waals surface area contributed by atoms with Crippen molar-refractivity contribution in [2.75, 3.05) is 5.32 Å². The summed E-state index contributed by atoms with van der Waals surface area (Å²) in [7, 11) is -3.62. The van der Waals surface area contributed by atoms with E-state index < -0.39 is 15.7 Å². The van der Waals surface area contributed by atoms with Crippen LogP contribution in [0.4, 0.5) is 5.69 Å². The second-order valence-corrected chi connectivity index (χ2v) is 6.38. The maximum absolute atomic E-state index is 12.0. The number of benzene rings is 2. The highest BCUT2D eigenvalue weighted by Gasteiger charge is 2.10. The Morgan fingerprint density at radius 2 is 1.68 bits per heavy atom. The predicted molar refractivity (Wildman–Crippen MR) is 85.7 cm³/mol. The Morgan fingerprint density at radius 1 is 1.05 bits per heavy atom. The number of carbonyl (C=O) groups is 1. The number of sulfone groups is 1. The van der Waals surface area contributed by atoms with Crippen molar-refractivity contribution in [1.29, 1.82) is 0 Å². The summed E-state index contributed by atoms with van der Waals surface area (Å²) in [6, 6.07) is 14.9. The smallest absolute Gasteiger partial charge is 0.249 e. The normalized spacial score (nSPS) is 11.5. The number of nitrogens with one attached hydrogen (secondary N) is 1. The molecule has 2 aromatic carbocycles. The molecule has 0 atom stereocenters. The third-order valence-corrected chi connectivity index (χ3v) is 4.35. The van der Waals surface area contributed by atoms with E-state index in [-0.39, 0.29) is 4.90 Å². The van der Waals surface area contributed by atoms with Gasteiger partial charge < -0.3 is 11.1 Å². The summed E-state index contributed by atoms with van der Waals surface area (Å²) >= 11 is 0. The number of rotatable bonds is 5. The zero-order chi connectivity index (χ0) is 16.0. The molecule has 2 rings (SSSR count). The van der Waals surface area contributed by atoms with E-state index >= 15 is 0 Å². The van der Waals surface area contributed by atoms with E-state index in [0.717, 1.165) is 17.0 Å². The molecule has 0 aliphatic heterocycles. The van der Waals surface area contributed by atoms with Crippen LogP contribution in [0.15, 0.2) is 71.0 Å². The third kappa shape index (κ3) is 4.28. The van der Waals surface area contributed by atoms with Crippen molar-refractivity contribution in [2.24, 2.45) is 5.73 Å². The minimum atomic E-state index is -3.62. The average Bonchev–Trinajstić information content (AvgIpc) is 2.55. The number of hydrogen-bond donors (Lipinski definition) is 2. The Labute approximate surface area is 129 Å². The molecule has 0 saturated carbocycles. The van der Waals surface area contributed by atoms with E-state index in [1.54, 1.807) is 42.5 Å². The zero-order valence-electron chi connectivity index (χ0n) is 11.8. The molecule has 0 radical (unpaired) electrons. The van der Waals surface area contributed by atoms with Crippen molar-refractivity contribution in [3.63, 3.8) is 0 Å². The van der Waals surface area contributed by atoms with Crippen molar-refractivity contribution in [1.82, 2.24) is 0 Å². The van der Waals surface area contributed by atoms with Gasteiger partial charge in [0.15, 0.2) is 9.84 Å². The van der Waals surface area contributed by atoms with Gasteiger partial charge in [-0.15, -0.1) is 0 Å². The van der Waals surface area contributed by atoms with Crippen LogP contribution < -0.4 is 11.1 Å². The molecule has 0 fully saturated rings. The summed E-state index contributed by atoms with van der Waals surface area (Å²) in [5.41, 5.74) is 7.00. The minimum absolute atomic E-state index is 0.145. The van der Waals surface area contributed by atoms with Crippen LogP contribution in [-0.2, 0) is 21.2 Å². The molecule has 0 unspecified atom stereocenters. The molecule has 0 spiro atoms. The first-order valence-electron chi connectivity index (χ1n) is 6.59. The molecule has 0 aromatic heterocycles. The molecule has 22 heavy (non-hydrogen) atoms. The van der Waals surface area contributed by atoms with Gasteiger partial charge in [-0.1, -0.05) is 30.3 Å². The molecule has 0 aliphatic carbocycles. The van der Waals surface area contributed by atoms with Gasteiger partial charge in [0.25, 0.3) is 0 Å². The van der Waals surface area contributed by atoms with E-state index in [4.69, 9.17) is 5.73 Å². The highest BCUT2D eigenvalue weighted by molar-refractivity contribution is 7.94. The molecular formula is C16H16N2O3S. The van der Waals surface area contributed by atoms with E-state index in [1.165, 1.54) is 12.1 Å². The number of nitrogens with two attached hydrogens (primary N) is 1. The lowest BCUT2D eigenvalue weighted by Gasteiger charge is -2.03. The van der Waals surface area contributed by atoms with E-state index in [0.29, 0.717) is 12.2 Å². The molecule has 0 bridgehead atoms. The molecule has 0 saturated heterocycles. The number of amides is 1. The fourth-order valence-electron chi connectivity index (χ4n) is 1.75. The lowest BCUT2D eigenvalue weighted by molar-refractivity contribution is -0.111. The first kappa shape index (κ1) is 15.9. The number of hydrogen-bond acceptors (Lipinski definition) is 4. The van der Waals surface area contributed by atoms with Crippen LogP contribution in [0, 0.1) is 0 Å². The summed E-state index contributed by atoms with van der Waals surface area (Å²) in [5, 5.41) is 3.48. The zero-order valence-corrected chi connectivity index (χ0v) is 12.6. The summed E-state index contributed by atoms with van der Waals surface area (Å²) in [6.45, 7) is 0.420. The van der Waals surface area contributed by atoms with Gasteiger partial charge in [-0.25, -0.2) is 8.42 Å². The molecule has 6 heteroatoms. The second kappa shape index (κ2) is 7.02. The fraction of sp³-hybridized carbons (Fsp3) is 0.0625. The Kier molecular flexibility index (Phi) is 5.08. The maximum atomic E-state index is 12.0. The molecule has 0 heterocycles. The Morgan fingerprint density at radius 3 is 2.27 bits per heavy atom. The van der Waals surface area contributed by atoms with Gasteiger partial charge in [-0.05, 0) is 29.8 Å². The fourth-order valence-corrected chi connectivity index (χ4v) is 2.74. The van der Waals surface area contributed by atoms with Crippen molar-refractivity contribution >= 4 is 21.4 Å². The van der Waals surface area contributed by atoms with E-state index in [2.05, 4.69) is 5.32 Å². The van der Waals surface area contributed by atoms with Gasteiger partial charge in [0.05, 0.1) is 4.90 Å². The quantitative estimate of drug-likeness (QED) is 0.826. The van der Waals surface area contributed by atoms with Crippen LogP contribution >= 0.6 is 0 Å². The van der Waals surface area contributed by atoms with Crippen LogP contribution in [0.3, 0.4) is 0 Å². The SMILES string of the molecule is NCc1ccc(NC(=O)C=CS(=O)(=O)c2ccccc2)cc1. The molecule has 3 N–H and O–H groups in total. The Balaban J connectivity index is 2.04. The van der Waals surface area contributed by atoms with Gasteiger partial charge in [-0.3, -0.25) is 4.79 Å². The first-order valence-corrected chi connectivity index (χ1v) is 8.14. The van der Waals surface area contributed by atoms with Crippen molar-refractivity contribution in [3.8, 4) is 0 Å². The van der Waals surface area contributed by atoms with Crippen LogP contribution in [-0.4, -0.2) is 14.3 Å². The highest BCUT2D eigenvalue weighted by atomic mass is 32.2. The Hall–Kier alpha value is -2.44. The standard InChI is InChI=1S/C16H16N2O3S/c17-12-13-6-8-14(9-7-13)18-16(19)10-11-22(20,21)15-4-2-1-3-5-15/h1-11H,12,17H2,(H,18,19). The van der Waals surface area contributed by atoms with Crippen LogP contribution in [0.25, 0.3) is 0 Å². The largest absolute Gasteiger partial charge is 0.326 e. The van der Waals surface area contributed by atoms with Crippen LogP contribution in [0.5, 0.6) is 0 Å². The second-order valence-electron chi connectivity index (χ2n) is 4.55. The first-order chi connectivity index (χ1) is 10.5. The molecule has 1 amide bonds. The number of carbonyl (C=O) groups excluding carboxylic acids is 1. The molecular weight excluding hydrogens is 300 g/mol. The summed E-state index contributed by atoms with van der Waals surface area (Å²) in [6.07, 6.45) is 0.999. The van der Waals surface area contributed by atoms with Crippen LogP contribution in [0.1, 0.15) is 5.56 Å².